The molecule has 15 heavy (non-hydrogen) atoms. The van der Waals surface area contributed by atoms with E-state index in [-0.39, 0.29) is 5.92 Å². The van der Waals surface area contributed by atoms with Gasteiger partial charge in [0.15, 0.2) is 0 Å². The third-order valence-electron chi connectivity index (χ3n) is 3.22. The summed E-state index contributed by atoms with van der Waals surface area (Å²) in [6.07, 6.45) is 0. The van der Waals surface area contributed by atoms with E-state index in [4.69, 9.17) is 9.84 Å². The predicted octanol–water partition coefficient (Wildman–Crippen LogP) is 1.06. The molecule has 88 valence electrons. The summed E-state index contributed by atoms with van der Waals surface area (Å²) in [5, 5.41) is 8.84. The van der Waals surface area contributed by atoms with Crippen molar-refractivity contribution in [2.45, 2.75) is 26.8 Å². The summed E-state index contributed by atoms with van der Waals surface area (Å²) in [5.41, 5.74) is 0. The number of ether oxygens (including phenoxy) is 1. The maximum absolute atomic E-state index is 10.7. The van der Waals surface area contributed by atoms with Gasteiger partial charge < -0.3 is 9.84 Å². The molecule has 0 aromatic rings. The highest BCUT2D eigenvalue weighted by Gasteiger charge is 2.36. The van der Waals surface area contributed by atoms with Crippen LogP contribution in [0.2, 0.25) is 0 Å². The number of carboxylic acid groups (broad SMARTS) is 1. The van der Waals surface area contributed by atoms with Gasteiger partial charge in [-0.25, -0.2) is 0 Å². The Morgan fingerprint density at radius 2 is 2.13 bits per heavy atom. The summed E-state index contributed by atoms with van der Waals surface area (Å²) in [6.45, 7) is 9.16. The molecule has 1 heterocycles. The van der Waals surface area contributed by atoms with Crippen molar-refractivity contribution in [2.75, 3.05) is 26.3 Å². The molecule has 0 aromatic carbocycles. The summed E-state index contributed by atoms with van der Waals surface area (Å²) in [5.74, 6) is -0.593. The number of aliphatic carboxylic acids is 1. The molecular weight excluding hydrogens is 194 g/mol. The monoisotopic (exact) mass is 215 g/mol. The van der Waals surface area contributed by atoms with Gasteiger partial charge in [0.05, 0.1) is 12.5 Å². The van der Waals surface area contributed by atoms with Crippen LogP contribution in [-0.2, 0) is 9.53 Å². The van der Waals surface area contributed by atoms with Crippen LogP contribution in [0.4, 0.5) is 0 Å². The Labute approximate surface area is 91.2 Å². The van der Waals surface area contributed by atoms with E-state index in [1.165, 1.54) is 0 Å². The first kappa shape index (κ1) is 12.5. The highest BCUT2D eigenvalue weighted by Crippen LogP contribution is 2.25. The van der Waals surface area contributed by atoms with Crippen molar-refractivity contribution in [1.82, 2.24) is 4.90 Å². The molecule has 1 rings (SSSR count). The maximum Gasteiger partial charge on any atom is 0.306 e. The fraction of sp³-hybridized carbons (Fsp3) is 0.909. The van der Waals surface area contributed by atoms with Crippen LogP contribution >= 0.6 is 0 Å². The lowest BCUT2D eigenvalue weighted by molar-refractivity contribution is -0.146. The molecule has 0 spiro atoms. The number of nitrogens with zero attached hydrogens (tertiary/aromatic N) is 1. The molecule has 0 bridgehead atoms. The van der Waals surface area contributed by atoms with Crippen molar-refractivity contribution in [1.29, 1.82) is 0 Å². The standard InChI is InChI=1S/C11H21NO3/c1-4-15-7-8(2)12-5-10(6-12)9(3)11(13)14/h8-10H,4-7H2,1-3H3,(H,13,14). The Morgan fingerprint density at radius 3 is 2.60 bits per heavy atom. The van der Waals surface area contributed by atoms with E-state index in [1.54, 1.807) is 6.92 Å². The summed E-state index contributed by atoms with van der Waals surface area (Å²) >= 11 is 0. The Morgan fingerprint density at radius 1 is 1.53 bits per heavy atom. The second-order valence-electron chi connectivity index (χ2n) is 4.35. The Bertz CT molecular complexity index is 214. The van der Waals surface area contributed by atoms with Gasteiger partial charge in [0.2, 0.25) is 0 Å². The smallest absolute Gasteiger partial charge is 0.306 e. The lowest BCUT2D eigenvalue weighted by Crippen LogP contribution is -2.55. The molecule has 0 amide bonds. The van der Waals surface area contributed by atoms with E-state index in [0.717, 1.165) is 26.3 Å². The Balaban J connectivity index is 2.21. The average molecular weight is 215 g/mol. The predicted molar refractivity (Wildman–Crippen MR) is 57.8 cm³/mol. The van der Waals surface area contributed by atoms with Crippen LogP contribution in [0.25, 0.3) is 0 Å². The van der Waals surface area contributed by atoms with Gasteiger partial charge in [-0.3, -0.25) is 9.69 Å². The van der Waals surface area contributed by atoms with E-state index in [0.29, 0.717) is 12.0 Å². The van der Waals surface area contributed by atoms with E-state index in [1.807, 2.05) is 6.92 Å². The molecule has 1 N–H and O–H groups in total. The van der Waals surface area contributed by atoms with Crippen LogP contribution in [0.5, 0.6) is 0 Å². The molecule has 1 aliphatic rings. The first-order valence-electron chi connectivity index (χ1n) is 5.60. The molecule has 0 saturated carbocycles. The van der Waals surface area contributed by atoms with Crippen LogP contribution in [0, 0.1) is 11.8 Å². The second-order valence-corrected chi connectivity index (χ2v) is 4.35. The number of carbonyl (C=O) groups is 1. The van der Waals surface area contributed by atoms with Gasteiger partial charge in [-0.1, -0.05) is 6.92 Å². The van der Waals surface area contributed by atoms with Crippen LogP contribution in [0.15, 0.2) is 0 Å². The van der Waals surface area contributed by atoms with Gasteiger partial charge in [-0.2, -0.15) is 0 Å². The lowest BCUT2D eigenvalue weighted by Gasteiger charge is -2.44. The quantitative estimate of drug-likeness (QED) is 0.720. The molecular formula is C11H21NO3. The molecule has 1 fully saturated rings. The van der Waals surface area contributed by atoms with Crippen LogP contribution in [0.3, 0.4) is 0 Å². The molecule has 1 saturated heterocycles. The highest BCUT2D eigenvalue weighted by molar-refractivity contribution is 5.70. The molecule has 0 aromatic heterocycles. The molecule has 0 radical (unpaired) electrons. The van der Waals surface area contributed by atoms with Crippen molar-refractivity contribution < 1.29 is 14.6 Å². The van der Waals surface area contributed by atoms with Gasteiger partial charge >= 0.3 is 5.97 Å². The van der Waals surface area contributed by atoms with Crippen LogP contribution < -0.4 is 0 Å². The van der Waals surface area contributed by atoms with E-state index >= 15 is 0 Å². The molecule has 2 atom stereocenters. The minimum absolute atomic E-state index is 0.222. The van der Waals surface area contributed by atoms with Gasteiger partial charge in [-0.05, 0) is 19.8 Å². The first-order chi connectivity index (χ1) is 7.06. The third kappa shape index (κ3) is 3.18. The number of rotatable bonds is 6. The second kappa shape index (κ2) is 5.47. The normalized spacial score (nSPS) is 22.1. The fourth-order valence-corrected chi connectivity index (χ4v) is 1.82. The molecule has 1 aliphatic heterocycles. The fourth-order valence-electron chi connectivity index (χ4n) is 1.82. The molecule has 4 nitrogen and oxygen atoms in total. The Kier molecular flexibility index (Phi) is 4.54. The van der Waals surface area contributed by atoms with Gasteiger partial charge in [0, 0.05) is 25.7 Å². The van der Waals surface area contributed by atoms with Crippen molar-refractivity contribution in [2.24, 2.45) is 11.8 Å². The summed E-state index contributed by atoms with van der Waals surface area (Å²) in [6, 6.07) is 0.405. The van der Waals surface area contributed by atoms with Gasteiger partial charge in [0.25, 0.3) is 0 Å². The summed E-state index contributed by atoms with van der Waals surface area (Å²) in [4.78, 5) is 13.0. The van der Waals surface area contributed by atoms with Crippen LogP contribution in [-0.4, -0.2) is 48.3 Å². The Hall–Kier alpha value is -0.610. The van der Waals surface area contributed by atoms with E-state index in [2.05, 4.69) is 11.8 Å². The van der Waals surface area contributed by atoms with Crippen LogP contribution in [0.1, 0.15) is 20.8 Å². The number of carboxylic acids is 1. The van der Waals surface area contributed by atoms with E-state index < -0.39 is 5.97 Å². The maximum atomic E-state index is 10.7. The topological polar surface area (TPSA) is 49.8 Å². The minimum Gasteiger partial charge on any atom is -0.481 e. The summed E-state index contributed by atoms with van der Waals surface area (Å²) in [7, 11) is 0. The van der Waals surface area contributed by atoms with Crippen molar-refractivity contribution >= 4 is 5.97 Å². The van der Waals surface area contributed by atoms with Crippen molar-refractivity contribution in [3.8, 4) is 0 Å². The third-order valence-corrected chi connectivity index (χ3v) is 3.22. The largest absolute Gasteiger partial charge is 0.481 e. The molecule has 4 heteroatoms. The average Bonchev–Trinajstić information content (AvgIpc) is 2.11. The lowest BCUT2D eigenvalue weighted by atomic mass is 9.86. The van der Waals surface area contributed by atoms with E-state index in [9.17, 15) is 4.79 Å². The number of hydrogen-bond donors (Lipinski definition) is 1. The minimum atomic E-state index is -0.683. The molecule has 2 unspecified atom stereocenters. The SMILES string of the molecule is CCOCC(C)N1CC(C(C)C(=O)O)C1. The highest BCUT2D eigenvalue weighted by atomic mass is 16.5. The van der Waals surface area contributed by atoms with Gasteiger partial charge in [0.1, 0.15) is 0 Å². The number of likely N-dealkylation sites (tertiary alicyclic amines) is 1. The summed E-state index contributed by atoms with van der Waals surface area (Å²) < 4.78 is 5.34. The van der Waals surface area contributed by atoms with Gasteiger partial charge in [-0.15, -0.1) is 0 Å². The molecule has 0 aliphatic carbocycles. The first-order valence-corrected chi connectivity index (χ1v) is 5.60. The van der Waals surface area contributed by atoms with Crippen molar-refractivity contribution in [3.05, 3.63) is 0 Å². The van der Waals surface area contributed by atoms with Crippen molar-refractivity contribution in [3.63, 3.8) is 0 Å². The zero-order valence-electron chi connectivity index (χ0n) is 9.77. The zero-order valence-corrected chi connectivity index (χ0v) is 9.77. The number of hydrogen-bond acceptors (Lipinski definition) is 3. The zero-order chi connectivity index (χ0) is 11.4.